The first-order valence-electron chi connectivity index (χ1n) is 6.54. The molecule has 0 atom stereocenters. The molecule has 4 nitrogen and oxygen atoms in total. The maximum atomic E-state index is 10.8. The zero-order valence-electron chi connectivity index (χ0n) is 11.0. The van der Waals surface area contributed by atoms with E-state index in [1.165, 1.54) is 19.0 Å². The Morgan fingerprint density at radius 3 is 2.67 bits per heavy atom. The van der Waals surface area contributed by atoms with Gasteiger partial charge in [0, 0.05) is 18.8 Å². The van der Waals surface area contributed by atoms with Gasteiger partial charge < -0.3 is 10.0 Å². The van der Waals surface area contributed by atoms with Crippen LogP contribution in [0.4, 0.5) is 5.82 Å². The third-order valence-corrected chi connectivity index (χ3v) is 3.22. The van der Waals surface area contributed by atoms with Gasteiger partial charge in [0.05, 0.1) is 5.56 Å². The summed E-state index contributed by atoms with van der Waals surface area (Å²) in [6.45, 7) is 5.43. The molecule has 4 heteroatoms. The van der Waals surface area contributed by atoms with E-state index in [-0.39, 0.29) is 5.56 Å². The predicted octanol–water partition coefficient (Wildman–Crippen LogP) is 2.79. The molecule has 1 saturated carbocycles. The molecule has 18 heavy (non-hydrogen) atoms. The van der Waals surface area contributed by atoms with Crippen molar-refractivity contribution in [3.05, 3.63) is 23.9 Å². The van der Waals surface area contributed by atoms with E-state index >= 15 is 0 Å². The van der Waals surface area contributed by atoms with Crippen LogP contribution in [0.25, 0.3) is 0 Å². The number of anilines is 1. The number of carbonyl (C=O) groups is 1. The van der Waals surface area contributed by atoms with Crippen LogP contribution in [0.3, 0.4) is 0 Å². The van der Waals surface area contributed by atoms with Gasteiger partial charge in [-0.25, -0.2) is 9.78 Å². The van der Waals surface area contributed by atoms with E-state index in [4.69, 9.17) is 5.11 Å². The van der Waals surface area contributed by atoms with Gasteiger partial charge in [-0.2, -0.15) is 0 Å². The normalized spacial score (nSPS) is 14.8. The number of nitrogens with zero attached hydrogens (tertiary/aromatic N) is 2. The largest absolute Gasteiger partial charge is 0.478 e. The Kier molecular flexibility index (Phi) is 3.84. The molecule has 0 aliphatic heterocycles. The number of pyridine rings is 1. The Labute approximate surface area is 108 Å². The fourth-order valence-electron chi connectivity index (χ4n) is 1.95. The summed E-state index contributed by atoms with van der Waals surface area (Å²) in [7, 11) is 0. The Hall–Kier alpha value is -1.58. The predicted molar refractivity (Wildman–Crippen MR) is 71.0 cm³/mol. The average molecular weight is 248 g/mol. The van der Waals surface area contributed by atoms with Gasteiger partial charge in [-0.15, -0.1) is 0 Å². The number of rotatable bonds is 6. The summed E-state index contributed by atoms with van der Waals surface area (Å²) < 4.78 is 0. The minimum absolute atomic E-state index is 0.248. The Bertz CT molecular complexity index is 410. The lowest BCUT2D eigenvalue weighted by molar-refractivity contribution is 0.0696. The Morgan fingerprint density at radius 1 is 1.50 bits per heavy atom. The number of hydrogen-bond donors (Lipinski definition) is 1. The summed E-state index contributed by atoms with van der Waals surface area (Å²) in [5, 5.41) is 8.86. The summed E-state index contributed by atoms with van der Waals surface area (Å²) >= 11 is 0. The summed E-state index contributed by atoms with van der Waals surface area (Å²) in [6.07, 6.45) is 5.03. The molecule has 1 aliphatic carbocycles. The molecule has 0 saturated heterocycles. The van der Waals surface area contributed by atoms with Crippen LogP contribution in [0.1, 0.15) is 43.5 Å². The van der Waals surface area contributed by atoms with Gasteiger partial charge in [0.15, 0.2) is 0 Å². The highest BCUT2D eigenvalue weighted by atomic mass is 16.4. The number of hydrogen-bond acceptors (Lipinski definition) is 3. The van der Waals surface area contributed by atoms with Gasteiger partial charge in [-0.1, -0.05) is 13.8 Å². The lowest BCUT2D eigenvalue weighted by Crippen LogP contribution is -2.28. The molecule has 1 heterocycles. The maximum absolute atomic E-state index is 10.8. The number of carboxylic acid groups (broad SMARTS) is 1. The summed E-state index contributed by atoms with van der Waals surface area (Å²) in [5.74, 6) is 0.655. The minimum atomic E-state index is -0.922. The maximum Gasteiger partial charge on any atom is 0.337 e. The molecule has 0 bridgehead atoms. The van der Waals surface area contributed by atoms with Crippen LogP contribution in [-0.2, 0) is 0 Å². The third kappa shape index (κ3) is 3.22. The lowest BCUT2D eigenvalue weighted by Gasteiger charge is -2.24. The molecule has 1 fully saturated rings. The Morgan fingerprint density at radius 2 is 2.22 bits per heavy atom. The van der Waals surface area contributed by atoms with Crippen LogP contribution in [-0.4, -0.2) is 28.6 Å². The smallest absolute Gasteiger partial charge is 0.337 e. The van der Waals surface area contributed by atoms with Gasteiger partial charge in [0.2, 0.25) is 0 Å². The van der Waals surface area contributed by atoms with Gasteiger partial charge in [0.25, 0.3) is 0 Å². The quantitative estimate of drug-likeness (QED) is 0.841. The van der Waals surface area contributed by atoms with Gasteiger partial charge in [0.1, 0.15) is 5.82 Å². The zero-order chi connectivity index (χ0) is 13.1. The molecule has 1 aromatic heterocycles. The van der Waals surface area contributed by atoms with Crippen LogP contribution in [0.2, 0.25) is 0 Å². The molecule has 0 unspecified atom stereocenters. The van der Waals surface area contributed by atoms with Crippen LogP contribution >= 0.6 is 0 Å². The highest BCUT2D eigenvalue weighted by Crippen LogP contribution is 2.31. The van der Waals surface area contributed by atoms with E-state index in [2.05, 4.69) is 23.7 Å². The second-order valence-electron chi connectivity index (χ2n) is 5.32. The van der Waals surface area contributed by atoms with Crippen molar-refractivity contribution in [3.8, 4) is 0 Å². The van der Waals surface area contributed by atoms with E-state index in [1.54, 1.807) is 6.07 Å². The van der Waals surface area contributed by atoms with Gasteiger partial charge in [-0.05, 0) is 37.3 Å². The first-order valence-corrected chi connectivity index (χ1v) is 6.54. The topological polar surface area (TPSA) is 53.4 Å². The average Bonchev–Trinajstić information content (AvgIpc) is 3.14. The SMILES string of the molecule is CC(C)CCN(c1ccc(C(=O)O)cn1)C1CC1. The van der Waals surface area contributed by atoms with Gasteiger partial charge >= 0.3 is 5.97 Å². The van der Waals surface area contributed by atoms with E-state index < -0.39 is 5.97 Å². The molecule has 1 aromatic rings. The van der Waals surface area contributed by atoms with E-state index in [0.29, 0.717) is 12.0 Å². The molecule has 0 spiro atoms. The molecule has 0 aromatic carbocycles. The van der Waals surface area contributed by atoms with Crippen LogP contribution in [0.15, 0.2) is 18.3 Å². The third-order valence-electron chi connectivity index (χ3n) is 3.22. The van der Waals surface area contributed by atoms with Crippen molar-refractivity contribution >= 4 is 11.8 Å². The summed E-state index contributed by atoms with van der Waals surface area (Å²) in [4.78, 5) is 17.4. The van der Waals surface area contributed by atoms with Crippen molar-refractivity contribution in [2.24, 2.45) is 5.92 Å². The molecule has 98 valence electrons. The minimum Gasteiger partial charge on any atom is -0.478 e. The molecular formula is C14H20N2O2. The van der Waals surface area contributed by atoms with Crippen molar-refractivity contribution in [3.63, 3.8) is 0 Å². The molecule has 0 amide bonds. The van der Waals surface area contributed by atoms with Crippen LogP contribution in [0.5, 0.6) is 0 Å². The molecule has 2 rings (SSSR count). The number of carboxylic acids is 1. The highest BCUT2D eigenvalue weighted by molar-refractivity contribution is 5.87. The second-order valence-corrected chi connectivity index (χ2v) is 5.32. The fraction of sp³-hybridized carbons (Fsp3) is 0.571. The van der Waals surface area contributed by atoms with Crippen molar-refractivity contribution in [2.45, 2.75) is 39.2 Å². The van der Waals surface area contributed by atoms with Crippen molar-refractivity contribution in [1.82, 2.24) is 4.98 Å². The molecule has 1 N–H and O–H groups in total. The summed E-state index contributed by atoms with van der Waals surface area (Å²) in [6, 6.07) is 4.06. The van der Waals surface area contributed by atoms with Crippen molar-refractivity contribution < 1.29 is 9.90 Å². The number of aromatic nitrogens is 1. The first-order chi connectivity index (χ1) is 8.58. The standard InChI is InChI=1S/C14H20N2O2/c1-10(2)7-8-16(12-4-5-12)13-6-3-11(9-15-13)14(17)18/h3,6,9-10,12H,4-5,7-8H2,1-2H3,(H,17,18). The molecular weight excluding hydrogens is 228 g/mol. The fourth-order valence-corrected chi connectivity index (χ4v) is 1.95. The second kappa shape index (κ2) is 5.38. The first kappa shape index (κ1) is 12.9. The lowest BCUT2D eigenvalue weighted by atomic mass is 10.1. The van der Waals surface area contributed by atoms with Crippen LogP contribution < -0.4 is 4.90 Å². The highest BCUT2D eigenvalue weighted by Gasteiger charge is 2.29. The van der Waals surface area contributed by atoms with Crippen LogP contribution in [0, 0.1) is 5.92 Å². The Balaban J connectivity index is 2.07. The van der Waals surface area contributed by atoms with Crippen molar-refractivity contribution in [1.29, 1.82) is 0 Å². The van der Waals surface area contributed by atoms with Gasteiger partial charge in [-0.3, -0.25) is 0 Å². The zero-order valence-corrected chi connectivity index (χ0v) is 11.0. The van der Waals surface area contributed by atoms with Crippen molar-refractivity contribution in [2.75, 3.05) is 11.4 Å². The molecule has 0 radical (unpaired) electrons. The summed E-state index contributed by atoms with van der Waals surface area (Å²) in [5.41, 5.74) is 0.248. The van der Waals surface area contributed by atoms with E-state index in [0.717, 1.165) is 18.8 Å². The number of aromatic carboxylic acids is 1. The monoisotopic (exact) mass is 248 g/mol. The van der Waals surface area contributed by atoms with E-state index in [9.17, 15) is 4.79 Å². The van der Waals surface area contributed by atoms with E-state index in [1.807, 2.05) is 6.07 Å². The molecule has 1 aliphatic rings.